The Labute approximate surface area is 134 Å². The second kappa shape index (κ2) is 8.47. The predicted octanol–water partition coefficient (Wildman–Crippen LogP) is -1.72. The molecule has 1 aliphatic rings. The van der Waals surface area contributed by atoms with Crippen molar-refractivity contribution in [3.05, 3.63) is 0 Å². The molecular formula is C14H24N4O5. The molecule has 0 aromatic carbocycles. The minimum absolute atomic E-state index is 0.0530. The van der Waals surface area contributed by atoms with Crippen LogP contribution < -0.4 is 16.4 Å². The topological polar surface area (TPSA) is 142 Å². The van der Waals surface area contributed by atoms with Gasteiger partial charge in [-0.2, -0.15) is 0 Å². The Morgan fingerprint density at radius 3 is 2.43 bits per heavy atom. The number of hydrogen-bond donors (Lipinski definition) is 4. The van der Waals surface area contributed by atoms with Crippen molar-refractivity contribution in [2.75, 3.05) is 19.6 Å². The Morgan fingerprint density at radius 1 is 1.22 bits per heavy atom. The van der Waals surface area contributed by atoms with E-state index < -0.39 is 35.8 Å². The number of nitrogens with zero attached hydrogens (tertiary/aromatic N) is 1. The van der Waals surface area contributed by atoms with Crippen molar-refractivity contribution < 1.29 is 24.3 Å². The number of likely N-dealkylation sites (tertiary alicyclic amines) is 1. The standard InChI is InChI=1S/C14H24N4O5/c1-8(2)12(15)13(21)17-6-10(19)16-7-11(20)18-5-3-4-9(18)14(22)23/h8-9,12H,3-7,15H2,1-2H3,(H,16,19)(H,17,21)(H,22,23). The summed E-state index contributed by atoms with van der Waals surface area (Å²) in [7, 11) is 0. The summed E-state index contributed by atoms with van der Waals surface area (Å²) in [4.78, 5) is 47.4. The molecule has 1 rings (SSSR count). The maximum Gasteiger partial charge on any atom is 0.326 e. The zero-order valence-electron chi connectivity index (χ0n) is 13.4. The number of nitrogens with two attached hydrogens (primary N) is 1. The molecule has 1 saturated heterocycles. The number of amides is 3. The molecule has 0 spiro atoms. The second-order valence-corrected chi connectivity index (χ2v) is 5.85. The third kappa shape index (κ3) is 5.51. The van der Waals surface area contributed by atoms with Gasteiger partial charge < -0.3 is 26.4 Å². The van der Waals surface area contributed by atoms with Crippen molar-refractivity contribution in [1.82, 2.24) is 15.5 Å². The molecule has 0 aromatic rings. The summed E-state index contributed by atoms with van der Waals surface area (Å²) >= 11 is 0. The lowest BCUT2D eigenvalue weighted by molar-refractivity contribution is -0.148. The van der Waals surface area contributed by atoms with E-state index in [-0.39, 0.29) is 19.0 Å². The third-order valence-corrected chi connectivity index (χ3v) is 3.74. The van der Waals surface area contributed by atoms with Crippen LogP contribution in [-0.2, 0) is 19.2 Å². The molecule has 1 heterocycles. The molecule has 9 nitrogen and oxygen atoms in total. The third-order valence-electron chi connectivity index (χ3n) is 3.74. The molecule has 2 atom stereocenters. The van der Waals surface area contributed by atoms with Gasteiger partial charge in [0.15, 0.2) is 0 Å². The average Bonchev–Trinajstić information content (AvgIpc) is 2.99. The van der Waals surface area contributed by atoms with Crippen molar-refractivity contribution >= 4 is 23.7 Å². The van der Waals surface area contributed by atoms with Gasteiger partial charge in [-0.3, -0.25) is 14.4 Å². The fourth-order valence-electron chi connectivity index (χ4n) is 2.25. The van der Waals surface area contributed by atoms with Gasteiger partial charge in [0.1, 0.15) is 6.04 Å². The summed E-state index contributed by atoms with van der Waals surface area (Å²) < 4.78 is 0. The van der Waals surface area contributed by atoms with Crippen molar-refractivity contribution in [1.29, 1.82) is 0 Å². The highest BCUT2D eigenvalue weighted by Crippen LogP contribution is 2.17. The first kappa shape index (κ1) is 18.9. The van der Waals surface area contributed by atoms with Gasteiger partial charge in [0.25, 0.3) is 0 Å². The van der Waals surface area contributed by atoms with Gasteiger partial charge >= 0.3 is 5.97 Å². The van der Waals surface area contributed by atoms with E-state index in [0.717, 1.165) is 0 Å². The molecule has 1 aliphatic heterocycles. The molecule has 3 amide bonds. The summed E-state index contributed by atoms with van der Waals surface area (Å²) in [5.41, 5.74) is 5.63. The number of aliphatic carboxylic acids is 1. The number of carboxylic acid groups (broad SMARTS) is 1. The van der Waals surface area contributed by atoms with Crippen LogP contribution in [0.2, 0.25) is 0 Å². The van der Waals surface area contributed by atoms with Gasteiger partial charge in [0.2, 0.25) is 17.7 Å². The lowest BCUT2D eigenvalue weighted by Crippen LogP contribution is -2.49. The fraction of sp³-hybridized carbons (Fsp3) is 0.714. The summed E-state index contributed by atoms with van der Waals surface area (Å²) in [6, 6.07) is -1.53. The van der Waals surface area contributed by atoms with E-state index in [9.17, 15) is 19.2 Å². The molecule has 23 heavy (non-hydrogen) atoms. The van der Waals surface area contributed by atoms with Crippen molar-refractivity contribution in [2.24, 2.45) is 11.7 Å². The quantitative estimate of drug-likeness (QED) is 0.438. The van der Waals surface area contributed by atoms with Crippen LogP contribution in [0.4, 0.5) is 0 Å². The van der Waals surface area contributed by atoms with E-state index in [1.165, 1.54) is 4.90 Å². The SMILES string of the molecule is CC(C)C(N)C(=O)NCC(=O)NCC(=O)N1CCCC1C(=O)O. The minimum atomic E-state index is -1.04. The number of carbonyl (C=O) groups excluding carboxylic acids is 3. The van der Waals surface area contributed by atoms with Gasteiger partial charge in [0.05, 0.1) is 19.1 Å². The van der Waals surface area contributed by atoms with E-state index in [1.807, 2.05) is 0 Å². The van der Waals surface area contributed by atoms with Gasteiger partial charge in [-0.1, -0.05) is 13.8 Å². The van der Waals surface area contributed by atoms with Gasteiger partial charge in [0, 0.05) is 6.54 Å². The van der Waals surface area contributed by atoms with Crippen molar-refractivity contribution in [3.8, 4) is 0 Å². The van der Waals surface area contributed by atoms with Crippen molar-refractivity contribution in [2.45, 2.75) is 38.8 Å². The molecule has 9 heteroatoms. The van der Waals surface area contributed by atoms with E-state index >= 15 is 0 Å². The first-order valence-electron chi connectivity index (χ1n) is 7.56. The summed E-state index contributed by atoms with van der Waals surface area (Å²) in [6.07, 6.45) is 1.04. The number of rotatable bonds is 7. The summed E-state index contributed by atoms with van der Waals surface area (Å²) in [5.74, 6) is -2.52. The predicted molar refractivity (Wildman–Crippen MR) is 81.2 cm³/mol. The molecule has 0 aromatic heterocycles. The monoisotopic (exact) mass is 328 g/mol. The zero-order valence-corrected chi connectivity index (χ0v) is 13.4. The molecule has 0 saturated carbocycles. The summed E-state index contributed by atoms with van der Waals surface area (Å²) in [6.45, 7) is 3.37. The first-order chi connectivity index (χ1) is 10.7. The molecule has 0 radical (unpaired) electrons. The normalized spacial score (nSPS) is 18.6. The highest BCUT2D eigenvalue weighted by molar-refractivity contribution is 5.91. The van der Waals surface area contributed by atoms with Crippen LogP contribution in [0.5, 0.6) is 0 Å². The lowest BCUT2D eigenvalue weighted by Gasteiger charge is -2.21. The Morgan fingerprint density at radius 2 is 1.87 bits per heavy atom. The van der Waals surface area contributed by atoms with E-state index in [0.29, 0.717) is 19.4 Å². The second-order valence-electron chi connectivity index (χ2n) is 5.85. The van der Waals surface area contributed by atoms with Crippen LogP contribution >= 0.6 is 0 Å². The minimum Gasteiger partial charge on any atom is -0.480 e. The Bertz CT molecular complexity index is 480. The number of hydrogen-bond acceptors (Lipinski definition) is 5. The van der Waals surface area contributed by atoms with Gasteiger partial charge in [-0.25, -0.2) is 4.79 Å². The number of carboxylic acids is 1. The van der Waals surface area contributed by atoms with Gasteiger partial charge in [-0.05, 0) is 18.8 Å². The number of nitrogens with one attached hydrogen (secondary N) is 2. The average molecular weight is 328 g/mol. The van der Waals surface area contributed by atoms with Crippen LogP contribution in [0.15, 0.2) is 0 Å². The number of carbonyl (C=O) groups is 4. The molecule has 5 N–H and O–H groups in total. The van der Waals surface area contributed by atoms with Crippen molar-refractivity contribution in [3.63, 3.8) is 0 Å². The smallest absolute Gasteiger partial charge is 0.326 e. The van der Waals surface area contributed by atoms with Crippen LogP contribution in [0.1, 0.15) is 26.7 Å². The van der Waals surface area contributed by atoms with Gasteiger partial charge in [-0.15, -0.1) is 0 Å². The highest BCUT2D eigenvalue weighted by atomic mass is 16.4. The van der Waals surface area contributed by atoms with E-state index in [2.05, 4.69) is 10.6 Å². The lowest BCUT2D eigenvalue weighted by atomic mass is 10.1. The maximum atomic E-state index is 11.9. The molecule has 0 bridgehead atoms. The summed E-state index contributed by atoms with van der Waals surface area (Å²) in [5, 5.41) is 13.8. The maximum absolute atomic E-state index is 11.9. The Kier molecular flexibility index (Phi) is 6.95. The molecule has 1 fully saturated rings. The Balaban J connectivity index is 2.34. The van der Waals surface area contributed by atoms with Crippen LogP contribution in [0.3, 0.4) is 0 Å². The molecular weight excluding hydrogens is 304 g/mol. The van der Waals surface area contributed by atoms with Crippen LogP contribution in [-0.4, -0.2) is 65.4 Å². The van der Waals surface area contributed by atoms with E-state index in [1.54, 1.807) is 13.8 Å². The van der Waals surface area contributed by atoms with Crippen LogP contribution in [0.25, 0.3) is 0 Å². The first-order valence-corrected chi connectivity index (χ1v) is 7.56. The molecule has 130 valence electrons. The fourth-order valence-corrected chi connectivity index (χ4v) is 2.25. The Hall–Kier alpha value is -2.16. The highest BCUT2D eigenvalue weighted by Gasteiger charge is 2.33. The molecule has 0 aliphatic carbocycles. The van der Waals surface area contributed by atoms with Crippen LogP contribution in [0, 0.1) is 5.92 Å². The largest absolute Gasteiger partial charge is 0.480 e. The zero-order chi connectivity index (χ0) is 17.6. The van der Waals surface area contributed by atoms with E-state index in [4.69, 9.17) is 10.8 Å². The molecule has 2 unspecified atom stereocenters.